The van der Waals surface area contributed by atoms with E-state index in [-0.39, 0.29) is 0 Å². The first-order valence-corrected chi connectivity index (χ1v) is 6.97. The van der Waals surface area contributed by atoms with Crippen molar-refractivity contribution in [3.8, 4) is 0 Å². The van der Waals surface area contributed by atoms with Gasteiger partial charge in [0.15, 0.2) is 0 Å². The molecule has 0 bridgehead atoms. The summed E-state index contributed by atoms with van der Waals surface area (Å²) >= 11 is 0. The molecule has 1 aromatic rings. The molecule has 0 spiro atoms. The van der Waals surface area contributed by atoms with Gasteiger partial charge < -0.3 is 10.6 Å². The van der Waals surface area contributed by atoms with Crippen LogP contribution in [0.4, 0.5) is 11.4 Å². The normalized spacial score (nSPS) is 16.6. The van der Waals surface area contributed by atoms with Crippen molar-refractivity contribution in [3.63, 3.8) is 0 Å². The molecule has 1 fully saturated rings. The highest BCUT2D eigenvalue weighted by molar-refractivity contribution is 7.92. The van der Waals surface area contributed by atoms with Crippen LogP contribution in [-0.4, -0.2) is 33.8 Å². The van der Waals surface area contributed by atoms with Gasteiger partial charge in [0.05, 0.1) is 18.0 Å². The molecule has 1 aromatic carbocycles. The van der Waals surface area contributed by atoms with Crippen molar-refractivity contribution in [2.24, 2.45) is 0 Å². The number of rotatable bonds is 4. The third-order valence-electron chi connectivity index (χ3n) is 2.32. The Morgan fingerprint density at radius 1 is 1.31 bits per heavy atom. The molecule has 0 aliphatic carbocycles. The molecular formula is C10H15N3O2S. The molecule has 1 saturated heterocycles. The van der Waals surface area contributed by atoms with Crippen LogP contribution in [0.25, 0.3) is 0 Å². The smallest absolute Gasteiger partial charge is 0.229 e. The van der Waals surface area contributed by atoms with Gasteiger partial charge in [-0.1, -0.05) is 6.07 Å². The fraction of sp³-hybridized carbons (Fsp3) is 0.400. The maximum Gasteiger partial charge on any atom is 0.229 e. The van der Waals surface area contributed by atoms with Crippen LogP contribution < -0.4 is 15.4 Å². The van der Waals surface area contributed by atoms with Gasteiger partial charge in [-0.3, -0.25) is 4.72 Å². The molecular weight excluding hydrogens is 226 g/mol. The number of hydrogen-bond donors (Lipinski definition) is 3. The first kappa shape index (κ1) is 11.2. The second-order valence-corrected chi connectivity index (χ2v) is 5.70. The molecule has 88 valence electrons. The van der Waals surface area contributed by atoms with E-state index in [1.54, 1.807) is 12.1 Å². The third-order valence-corrected chi connectivity index (χ3v) is 2.92. The quantitative estimate of drug-likeness (QED) is 0.715. The van der Waals surface area contributed by atoms with Crippen LogP contribution in [0.5, 0.6) is 0 Å². The number of anilines is 2. The second-order valence-electron chi connectivity index (χ2n) is 3.95. The van der Waals surface area contributed by atoms with Gasteiger partial charge in [-0.25, -0.2) is 8.42 Å². The highest BCUT2D eigenvalue weighted by Crippen LogP contribution is 2.17. The van der Waals surface area contributed by atoms with Crippen LogP contribution >= 0.6 is 0 Å². The van der Waals surface area contributed by atoms with Crippen molar-refractivity contribution in [2.45, 2.75) is 6.04 Å². The minimum atomic E-state index is -3.20. The topological polar surface area (TPSA) is 70.2 Å². The van der Waals surface area contributed by atoms with E-state index in [1.165, 1.54) is 0 Å². The fourth-order valence-electron chi connectivity index (χ4n) is 1.51. The first-order valence-electron chi connectivity index (χ1n) is 5.08. The van der Waals surface area contributed by atoms with E-state index in [4.69, 9.17) is 0 Å². The lowest BCUT2D eigenvalue weighted by Gasteiger charge is -2.29. The Balaban J connectivity index is 2.06. The van der Waals surface area contributed by atoms with Gasteiger partial charge in [0, 0.05) is 18.8 Å². The summed E-state index contributed by atoms with van der Waals surface area (Å²) in [4.78, 5) is 0. The molecule has 0 saturated carbocycles. The summed E-state index contributed by atoms with van der Waals surface area (Å²) in [5.74, 6) is 0. The van der Waals surface area contributed by atoms with Crippen LogP contribution in [-0.2, 0) is 10.0 Å². The highest BCUT2D eigenvalue weighted by atomic mass is 32.2. The summed E-state index contributed by atoms with van der Waals surface area (Å²) < 4.78 is 24.6. The monoisotopic (exact) mass is 241 g/mol. The highest BCUT2D eigenvalue weighted by Gasteiger charge is 2.15. The molecule has 5 nitrogen and oxygen atoms in total. The average Bonchev–Trinajstić information content (AvgIpc) is 2.09. The number of benzene rings is 1. The molecule has 0 radical (unpaired) electrons. The van der Waals surface area contributed by atoms with Crippen LogP contribution in [0.3, 0.4) is 0 Å². The Kier molecular flexibility index (Phi) is 3.02. The minimum absolute atomic E-state index is 0.438. The number of nitrogens with one attached hydrogen (secondary N) is 3. The molecule has 16 heavy (non-hydrogen) atoms. The van der Waals surface area contributed by atoms with Crippen molar-refractivity contribution in [2.75, 3.05) is 29.4 Å². The minimum Gasteiger partial charge on any atom is -0.380 e. The van der Waals surface area contributed by atoms with Gasteiger partial charge in [-0.2, -0.15) is 0 Å². The van der Waals surface area contributed by atoms with Crippen molar-refractivity contribution < 1.29 is 8.42 Å². The Morgan fingerprint density at radius 2 is 2.00 bits per heavy atom. The molecule has 1 aliphatic heterocycles. The van der Waals surface area contributed by atoms with E-state index in [9.17, 15) is 8.42 Å². The summed E-state index contributed by atoms with van der Waals surface area (Å²) in [6, 6.07) is 7.70. The second kappa shape index (κ2) is 4.31. The zero-order chi connectivity index (χ0) is 11.6. The lowest BCUT2D eigenvalue weighted by Crippen LogP contribution is -2.51. The van der Waals surface area contributed by atoms with Gasteiger partial charge >= 0.3 is 0 Å². The van der Waals surface area contributed by atoms with Crippen LogP contribution in [0.2, 0.25) is 0 Å². The molecule has 0 unspecified atom stereocenters. The van der Waals surface area contributed by atoms with Crippen LogP contribution in [0.15, 0.2) is 24.3 Å². The lowest BCUT2D eigenvalue weighted by atomic mass is 10.1. The van der Waals surface area contributed by atoms with Gasteiger partial charge in [0.25, 0.3) is 0 Å². The summed E-state index contributed by atoms with van der Waals surface area (Å²) in [6.45, 7) is 1.90. The number of sulfonamides is 1. The molecule has 0 amide bonds. The average molecular weight is 241 g/mol. The van der Waals surface area contributed by atoms with E-state index < -0.39 is 10.0 Å². The van der Waals surface area contributed by atoms with Crippen LogP contribution in [0, 0.1) is 0 Å². The van der Waals surface area contributed by atoms with Crippen molar-refractivity contribution in [1.29, 1.82) is 0 Å². The zero-order valence-electron chi connectivity index (χ0n) is 9.03. The Hall–Kier alpha value is -1.27. The lowest BCUT2D eigenvalue weighted by molar-refractivity contribution is 0.472. The van der Waals surface area contributed by atoms with Crippen molar-refractivity contribution in [3.05, 3.63) is 24.3 Å². The SMILES string of the molecule is CS(=O)(=O)Nc1cccc(NC2CNC2)c1. The molecule has 3 N–H and O–H groups in total. The van der Waals surface area contributed by atoms with E-state index in [0.717, 1.165) is 25.0 Å². The molecule has 0 atom stereocenters. The van der Waals surface area contributed by atoms with E-state index in [1.807, 2.05) is 12.1 Å². The van der Waals surface area contributed by atoms with E-state index in [2.05, 4.69) is 15.4 Å². The van der Waals surface area contributed by atoms with Gasteiger partial charge in [-0.05, 0) is 18.2 Å². The first-order chi connectivity index (χ1) is 7.53. The summed E-state index contributed by atoms with van der Waals surface area (Å²) in [5.41, 5.74) is 1.51. The van der Waals surface area contributed by atoms with Crippen LogP contribution in [0.1, 0.15) is 0 Å². The molecule has 1 heterocycles. The summed E-state index contributed by atoms with van der Waals surface area (Å²) in [6.07, 6.45) is 1.14. The van der Waals surface area contributed by atoms with Crippen molar-refractivity contribution >= 4 is 21.4 Å². The Morgan fingerprint density at radius 3 is 2.56 bits per heavy atom. The number of hydrogen-bond acceptors (Lipinski definition) is 4. The predicted octanol–water partition coefficient (Wildman–Crippen LogP) is 0.442. The third kappa shape index (κ3) is 3.11. The molecule has 6 heteroatoms. The van der Waals surface area contributed by atoms with Crippen molar-refractivity contribution in [1.82, 2.24) is 5.32 Å². The molecule has 1 aliphatic rings. The summed E-state index contributed by atoms with van der Waals surface area (Å²) in [5, 5.41) is 6.47. The molecule has 0 aromatic heterocycles. The summed E-state index contributed by atoms with van der Waals surface area (Å²) in [7, 11) is -3.20. The maximum absolute atomic E-state index is 11.1. The van der Waals surface area contributed by atoms with Gasteiger partial charge in [0.1, 0.15) is 0 Å². The van der Waals surface area contributed by atoms with Gasteiger partial charge in [0.2, 0.25) is 10.0 Å². The maximum atomic E-state index is 11.1. The predicted molar refractivity (Wildman–Crippen MR) is 65.2 cm³/mol. The standard InChI is InChI=1S/C10H15N3O2S/c1-16(14,15)13-9-4-2-3-8(5-9)12-10-6-11-7-10/h2-5,10-13H,6-7H2,1H3. The largest absolute Gasteiger partial charge is 0.380 e. The van der Waals surface area contributed by atoms with E-state index in [0.29, 0.717) is 11.7 Å². The molecule has 2 rings (SSSR count). The van der Waals surface area contributed by atoms with Gasteiger partial charge in [-0.15, -0.1) is 0 Å². The zero-order valence-corrected chi connectivity index (χ0v) is 9.84. The fourth-order valence-corrected chi connectivity index (χ4v) is 2.07. The Labute approximate surface area is 95.3 Å². The van der Waals surface area contributed by atoms with E-state index >= 15 is 0 Å². The Bertz CT molecular complexity index is 469.